The molecule has 1 heterocycles. The number of carbonyl (C=O) groups is 1. The van der Waals surface area contributed by atoms with Crippen molar-refractivity contribution in [2.75, 3.05) is 19.6 Å². The molecule has 4 nitrogen and oxygen atoms in total. The summed E-state index contributed by atoms with van der Waals surface area (Å²) in [6, 6.07) is 0.420. The van der Waals surface area contributed by atoms with E-state index >= 15 is 0 Å². The van der Waals surface area contributed by atoms with E-state index in [2.05, 4.69) is 24.1 Å². The van der Waals surface area contributed by atoms with E-state index in [4.69, 9.17) is 5.73 Å². The van der Waals surface area contributed by atoms with Crippen LogP contribution in [0.5, 0.6) is 0 Å². The van der Waals surface area contributed by atoms with Gasteiger partial charge in [0.05, 0.1) is 5.54 Å². The summed E-state index contributed by atoms with van der Waals surface area (Å²) in [5.74, 6) is 0.631. The first-order valence-corrected chi connectivity index (χ1v) is 8.32. The van der Waals surface area contributed by atoms with Crippen molar-refractivity contribution in [3.8, 4) is 0 Å². The Hall–Kier alpha value is -0.610. The highest BCUT2D eigenvalue weighted by Crippen LogP contribution is 2.30. The van der Waals surface area contributed by atoms with Crippen molar-refractivity contribution in [1.82, 2.24) is 10.2 Å². The van der Waals surface area contributed by atoms with E-state index < -0.39 is 5.54 Å². The highest BCUT2D eigenvalue weighted by molar-refractivity contribution is 5.86. The zero-order valence-electron chi connectivity index (χ0n) is 13.2. The zero-order chi connectivity index (χ0) is 14.6. The second-order valence-corrected chi connectivity index (χ2v) is 7.01. The molecular weight excluding hydrogens is 250 g/mol. The van der Waals surface area contributed by atoms with Gasteiger partial charge in [-0.15, -0.1) is 0 Å². The molecule has 3 unspecified atom stereocenters. The van der Waals surface area contributed by atoms with Crippen LogP contribution in [0.2, 0.25) is 0 Å². The maximum absolute atomic E-state index is 12.4. The molecule has 1 aliphatic carbocycles. The number of nitrogens with two attached hydrogens (primary N) is 1. The van der Waals surface area contributed by atoms with E-state index in [1.54, 1.807) is 0 Å². The standard InChI is InChI=1S/C16H31N3O/c1-13-7-6-8-16(17,11-13)15(20)18-12-14(2)19-9-4-3-5-10-19/h13-14H,3-12,17H2,1-2H3,(H,18,20). The van der Waals surface area contributed by atoms with Gasteiger partial charge in [-0.05, 0) is 51.6 Å². The SMILES string of the molecule is CC1CCCC(N)(C(=O)NCC(C)N2CCCCC2)C1. The number of nitrogens with one attached hydrogen (secondary N) is 1. The zero-order valence-corrected chi connectivity index (χ0v) is 13.2. The fraction of sp³-hybridized carbons (Fsp3) is 0.938. The van der Waals surface area contributed by atoms with Gasteiger partial charge in [-0.2, -0.15) is 0 Å². The first-order valence-electron chi connectivity index (χ1n) is 8.32. The normalized spacial score (nSPS) is 33.6. The minimum atomic E-state index is -0.626. The van der Waals surface area contributed by atoms with Crippen molar-refractivity contribution >= 4 is 5.91 Å². The summed E-state index contributed by atoms with van der Waals surface area (Å²) in [5, 5.41) is 3.10. The Morgan fingerprint density at radius 3 is 2.70 bits per heavy atom. The van der Waals surface area contributed by atoms with E-state index in [1.807, 2.05) is 0 Å². The highest BCUT2D eigenvalue weighted by Gasteiger charge is 2.37. The third-order valence-corrected chi connectivity index (χ3v) is 5.06. The lowest BCUT2D eigenvalue weighted by Crippen LogP contribution is -2.58. The molecule has 1 saturated heterocycles. The lowest BCUT2D eigenvalue weighted by Gasteiger charge is -2.37. The topological polar surface area (TPSA) is 58.4 Å². The number of amides is 1. The van der Waals surface area contributed by atoms with Crippen LogP contribution in [-0.4, -0.2) is 42.0 Å². The van der Waals surface area contributed by atoms with Gasteiger partial charge in [-0.1, -0.05) is 26.2 Å². The number of likely N-dealkylation sites (tertiary alicyclic amines) is 1. The number of nitrogens with zero attached hydrogens (tertiary/aromatic N) is 1. The summed E-state index contributed by atoms with van der Waals surface area (Å²) in [6.07, 6.45) is 7.87. The molecule has 2 aliphatic rings. The molecule has 0 radical (unpaired) electrons. The van der Waals surface area contributed by atoms with E-state index in [1.165, 1.54) is 38.8 Å². The second-order valence-electron chi connectivity index (χ2n) is 7.01. The van der Waals surface area contributed by atoms with Gasteiger partial charge in [0.1, 0.15) is 0 Å². The van der Waals surface area contributed by atoms with Crippen LogP contribution in [-0.2, 0) is 4.79 Å². The summed E-state index contributed by atoms with van der Waals surface area (Å²) in [7, 11) is 0. The van der Waals surface area contributed by atoms with Crippen LogP contribution in [0.4, 0.5) is 0 Å². The molecule has 116 valence electrons. The van der Waals surface area contributed by atoms with Crippen LogP contribution >= 0.6 is 0 Å². The fourth-order valence-corrected chi connectivity index (χ4v) is 3.70. The highest BCUT2D eigenvalue weighted by atomic mass is 16.2. The average molecular weight is 281 g/mol. The van der Waals surface area contributed by atoms with Crippen LogP contribution in [0.25, 0.3) is 0 Å². The van der Waals surface area contributed by atoms with Crippen molar-refractivity contribution in [3.63, 3.8) is 0 Å². The van der Waals surface area contributed by atoms with E-state index in [0.29, 0.717) is 12.0 Å². The number of rotatable bonds is 4. The molecule has 0 aromatic carbocycles. The molecule has 3 atom stereocenters. The lowest BCUT2D eigenvalue weighted by molar-refractivity contribution is -0.128. The minimum absolute atomic E-state index is 0.0629. The van der Waals surface area contributed by atoms with Crippen LogP contribution in [0.15, 0.2) is 0 Å². The van der Waals surface area contributed by atoms with Gasteiger partial charge in [0.2, 0.25) is 5.91 Å². The molecule has 1 amide bonds. The fourth-order valence-electron chi connectivity index (χ4n) is 3.70. The summed E-state index contributed by atoms with van der Waals surface area (Å²) in [6.45, 7) is 7.47. The number of piperidine rings is 1. The van der Waals surface area contributed by atoms with Crippen molar-refractivity contribution in [3.05, 3.63) is 0 Å². The molecule has 0 bridgehead atoms. The average Bonchev–Trinajstić information content (AvgIpc) is 2.45. The Kier molecular flexibility index (Phi) is 5.44. The molecular formula is C16H31N3O. The summed E-state index contributed by atoms with van der Waals surface area (Å²) >= 11 is 0. The second kappa shape index (κ2) is 6.90. The Labute approximate surface area is 123 Å². The smallest absolute Gasteiger partial charge is 0.240 e. The van der Waals surface area contributed by atoms with Crippen LogP contribution in [0, 0.1) is 5.92 Å². The Morgan fingerprint density at radius 1 is 1.35 bits per heavy atom. The molecule has 2 rings (SSSR count). The van der Waals surface area contributed by atoms with Gasteiger partial charge in [0.15, 0.2) is 0 Å². The lowest BCUT2D eigenvalue weighted by atomic mass is 9.76. The predicted octanol–water partition coefficient (Wildman–Crippen LogP) is 1.88. The quantitative estimate of drug-likeness (QED) is 0.827. The molecule has 1 aliphatic heterocycles. The molecule has 3 N–H and O–H groups in total. The number of hydrogen-bond acceptors (Lipinski definition) is 3. The molecule has 0 aromatic rings. The largest absolute Gasteiger partial charge is 0.353 e. The van der Waals surface area contributed by atoms with E-state index in [-0.39, 0.29) is 5.91 Å². The summed E-state index contributed by atoms with van der Waals surface area (Å²) in [4.78, 5) is 14.9. The van der Waals surface area contributed by atoms with Crippen molar-refractivity contribution in [2.45, 2.75) is 70.4 Å². The van der Waals surface area contributed by atoms with Gasteiger partial charge < -0.3 is 11.1 Å². The molecule has 1 saturated carbocycles. The maximum atomic E-state index is 12.4. The Morgan fingerprint density at radius 2 is 2.05 bits per heavy atom. The third kappa shape index (κ3) is 3.95. The summed E-state index contributed by atoms with van der Waals surface area (Å²) in [5.41, 5.74) is 5.71. The molecule has 2 fully saturated rings. The Bertz CT molecular complexity index is 328. The van der Waals surface area contributed by atoms with Gasteiger partial charge in [-0.25, -0.2) is 0 Å². The monoisotopic (exact) mass is 281 g/mol. The molecule has 0 aromatic heterocycles. The van der Waals surface area contributed by atoms with Crippen molar-refractivity contribution in [1.29, 1.82) is 0 Å². The van der Waals surface area contributed by atoms with Crippen LogP contribution < -0.4 is 11.1 Å². The molecule has 20 heavy (non-hydrogen) atoms. The Balaban J connectivity index is 1.78. The van der Waals surface area contributed by atoms with E-state index in [9.17, 15) is 4.79 Å². The summed E-state index contributed by atoms with van der Waals surface area (Å²) < 4.78 is 0. The number of carbonyl (C=O) groups excluding carboxylic acids is 1. The van der Waals surface area contributed by atoms with Crippen LogP contribution in [0.1, 0.15) is 58.8 Å². The maximum Gasteiger partial charge on any atom is 0.240 e. The van der Waals surface area contributed by atoms with Crippen molar-refractivity contribution in [2.24, 2.45) is 11.7 Å². The predicted molar refractivity (Wildman–Crippen MR) is 82.4 cm³/mol. The number of hydrogen-bond donors (Lipinski definition) is 2. The minimum Gasteiger partial charge on any atom is -0.353 e. The van der Waals surface area contributed by atoms with Gasteiger partial charge in [-0.3, -0.25) is 9.69 Å². The van der Waals surface area contributed by atoms with Gasteiger partial charge >= 0.3 is 0 Å². The molecule has 4 heteroatoms. The first kappa shape index (κ1) is 15.8. The van der Waals surface area contributed by atoms with Crippen molar-refractivity contribution < 1.29 is 4.79 Å². The molecule has 0 spiro atoms. The third-order valence-electron chi connectivity index (χ3n) is 5.06. The first-order chi connectivity index (χ1) is 9.51. The van der Waals surface area contributed by atoms with E-state index in [0.717, 1.165) is 25.8 Å². The van der Waals surface area contributed by atoms with Gasteiger partial charge in [0.25, 0.3) is 0 Å². The van der Waals surface area contributed by atoms with Crippen LogP contribution in [0.3, 0.4) is 0 Å². The van der Waals surface area contributed by atoms with Gasteiger partial charge in [0, 0.05) is 12.6 Å².